The zero-order valence-electron chi connectivity index (χ0n) is 23.6. The van der Waals surface area contributed by atoms with Gasteiger partial charge in [-0.25, -0.2) is 9.78 Å². The molecule has 42 heavy (non-hydrogen) atoms. The molecule has 2 N–H and O–H groups in total. The maximum absolute atomic E-state index is 13.8. The number of carbonyl (C=O) groups is 1. The summed E-state index contributed by atoms with van der Waals surface area (Å²) in [6.07, 6.45) is 6.77. The van der Waals surface area contributed by atoms with E-state index < -0.39 is 0 Å². The van der Waals surface area contributed by atoms with Crippen molar-refractivity contribution in [2.75, 3.05) is 26.5 Å². The molecule has 1 amide bonds. The number of halogens is 1. The van der Waals surface area contributed by atoms with E-state index in [1.807, 2.05) is 41.0 Å². The van der Waals surface area contributed by atoms with E-state index in [0.717, 1.165) is 43.3 Å². The minimum absolute atomic E-state index is 0.0823. The molecule has 1 saturated carbocycles. The molecule has 1 saturated heterocycles. The van der Waals surface area contributed by atoms with Crippen LogP contribution in [-0.4, -0.2) is 57.5 Å². The Kier molecular flexibility index (Phi) is 8.55. The number of nitrogens with one attached hydrogen (secondary N) is 2. The number of carbonyl (C=O) groups excluding carboxylic acids is 1. The van der Waals surface area contributed by atoms with Crippen LogP contribution in [0.25, 0.3) is 16.7 Å². The van der Waals surface area contributed by atoms with Crippen molar-refractivity contribution in [1.29, 1.82) is 0 Å². The lowest BCUT2D eigenvalue weighted by Gasteiger charge is -2.29. The van der Waals surface area contributed by atoms with Crippen LogP contribution in [0.4, 0.5) is 0 Å². The van der Waals surface area contributed by atoms with Crippen molar-refractivity contribution < 1.29 is 14.3 Å². The van der Waals surface area contributed by atoms with Crippen LogP contribution in [0.2, 0.25) is 5.02 Å². The number of imidazole rings is 1. The number of aryl methyl sites for hydroxylation is 1. The molecule has 2 fully saturated rings. The second-order valence-corrected chi connectivity index (χ2v) is 11.6. The SMILES string of the molecule is Cc1ncc(Cl)cc1C(=O)N[C@H]1CC[C@H](Cn2c(=O)n(-c3ccc(OC[C@H]4CNCOC4)nc3)c3ccccc32)CC1. The van der Waals surface area contributed by atoms with Crippen LogP contribution < -0.4 is 21.1 Å². The number of nitrogens with zero attached hydrogens (tertiary/aromatic N) is 4. The molecule has 10 nitrogen and oxygen atoms in total. The molecule has 0 spiro atoms. The normalized spacial score (nSPS) is 20.9. The number of aromatic nitrogens is 4. The standard InChI is InChI=1S/C31H35ClN6O4/c1-20-26(12-23(32)14-34-20)30(39)36-24-8-6-21(7-9-24)16-37-27-4-2-3-5-28(27)38(31(37)40)25-10-11-29(35-15-25)42-18-22-13-33-19-41-17-22/h2-5,10-12,14-15,21-22,24,33H,6-9,13,16-19H2,1H3,(H,36,39)/t21-,22-,24-/m0/s1. The van der Waals surface area contributed by atoms with Gasteiger partial charge in [-0.2, -0.15) is 0 Å². The maximum Gasteiger partial charge on any atom is 0.333 e. The summed E-state index contributed by atoms with van der Waals surface area (Å²) in [5.41, 5.74) is 3.51. The van der Waals surface area contributed by atoms with Crippen LogP contribution in [0.1, 0.15) is 41.7 Å². The van der Waals surface area contributed by atoms with E-state index in [9.17, 15) is 9.59 Å². The molecular weight excluding hydrogens is 556 g/mol. The zero-order chi connectivity index (χ0) is 29.1. The number of hydrogen-bond acceptors (Lipinski definition) is 7. The Balaban J connectivity index is 1.12. The van der Waals surface area contributed by atoms with Crippen molar-refractivity contribution in [2.45, 2.75) is 45.2 Å². The molecule has 1 aromatic carbocycles. The van der Waals surface area contributed by atoms with E-state index in [0.29, 0.717) is 60.3 Å². The minimum Gasteiger partial charge on any atom is -0.477 e. The third-order valence-corrected chi connectivity index (χ3v) is 8.40. The molecule has 4 heterocycles. The zero-order valence-corrected chi connectivity index (χ0v) is 24.3. The van der Waals surface area contributed by atoms with Gasteiger partial charge >= 0.3 is 5.69 Å². The summed E-state index contributed by atoms with van der Waals surface area (Å²) >= 11 is 6.05. The van der Waals surface area contributed by atoms with Crippen LogP contribution in [0.5, 0.6) is 5.88 Å². The summed E-state index contributed by atoms with van der Waals surface area (Å²) in [6.45, 7) is 5.03. The van der Waals surface area contributed by atoms with Gasteiger partial charge in [-0.1, -0.05) is 23.7 Å². The van der Waals surface area contributed by atoms with E-state index in [4.69, 9.17) is 21.1 Å². The summed E-state index contributed by atoms with van der Waals surface area (Å²) in [6, 6.07) is 13.3. The average molecular weight is 591 g/mol. The molecule has 1 aliphatic heterocycles. The monoisotopic (exact) mass is 590 g/mol. The summed E-state index contributed by atoms with van der Waals surface area (Å²) in [5.74, 6) is 0.982. The number of ether oxygens (including phenoxy) is 2. The lowest BCUT2D eigenvalue weighted by Crippen LogP contribution is -2.39. The first-order valence-electron chi connectivity index (χ1n) is 14.5. The summed E-state index contributed by atoms with van der Waals surface area (Å²) in [4.78, 5) is 35.3. The number of benzene rings is 1. The fourth-order valence-electron chi connectivity index (χ4n) is 5.90. The molecule has 0 unspecified atom stereocenters. The van der Waals surface area contributed by atoms with Crippen molar-refractivity contribution in [3.8, 4) is 11.6 Å². The van der Waals surface area contributed by atoms with Gasteiger partial charge in [-0.3, -0.25) is 24.2 Å². The maximum atomic E-state index is 13.8. The van der Waals surface area contributed by atoms with Crippen LogP contribution in [0, 0.1) is 18.8 Å². The molecule has 11 heteroatoms. The largest absolute Gasteiger partial charge is 0.477 e. The Labute approximate surface area is 249 Å². The summed E-state index contributed by atoms with van der Waals surface area (Å²) in [7, 11) is 0. The second kappa shape index (κ2) is 12.6. The van der Waals surface area contributed by atoms with E-state index in [1.54, 1.807) is 30.0 Å². The van der Waals surface area contributed by atoms with E-state index in [1.165, 1.54) is 0 Å². The van der Waals surface area contributed by atoms with E-state index in [2.05, 4.69) is 20.6 Å². The average Bonchev–Trinajstić information content (AvgIpc) is 3.29. The highest BCUT2D eigenvalue weighted by molar-refractivity contribution is 6.30. The molecule has 2 aliphatic rings. The van der Waals surface area contributed by atoms with Crippen molar-refractivity contribution in [2.24, 2.45) is 11.8 Å². The number of pyridine rings is 2. The molecule has 0 bridgehead atoms. The molecular formula is C31H35ClN6O4. The smallest absolute Gasteiger partial charge is 0.333 e. The number of rotatable bonds is 8. The number of amides is 1. The quantitative estimate of drug-likeness (QED) is 0.318. The number of fused-ring (bicyclic) bond motifs is 1. The van der Waals surface area contributed by atoms with Crippen LogP contribution >= 0.6 is 11.6 Å². The van der Waals surface area contributed by atoms with Crippen molar-refractivity contribution in [3.05, 3.63) is 81.6 Å². The van der Waals surface area contributed by atoms with Crippen molar-refractivity contribution in [3.63, 3.8) is 0 Å². The van der Waals surface area contributed by atoms with E-state index >= 15 is 0 Å². The number of hydrogen-bond donors (Lipinski definition) is 2. The Morgan fingerprint density at radius 3 is 2.64 bits per heavy atom. The van der Waals surface area contributed by atoms with Gasteiger partial charge in [0.2, 0.25) is 5.88 Å². The fourth-order valence-corrected chi connectivity index (χ4v) is 6.06. The first-order chi connectivity index (χ1) is 20.5. The van der Waals surface area contributed by atoms with Crippen LogP contribution in [0.15, 0.2) is 59.7 Å². The van der Waals surface area contributed by atoms with Crippen LogP contribution in [0.3, 0.4) is 0 Å². The third-order valence-electron chi connectivity index (χ3n) is 8.19. The molecule has 0 radical (unpaired) electrons. The van der Waals surface area contributed by atoms with Gasteiger partial charge in [0.05, 0.1) is 59.1 Å². The lowest BCUT2D eigenvalue weighted by molar-refractivity contribution is 0.0278. The predicted molar refractivity (Wildman–Crippen MR) is 160 cm³/mol. The highest BCUT2D eigenvalue weighted by Crippen LogP contribution is 2.28. The second-order valence-electron chi connectivity index (χ2n) is 11.2. The third kappa shape index (κ3) is 6.21. The van der Waals surface area contributed by atoms with Gasteiger partial charge in [-0.05, 0) is 62.8 Å². The molecule has 1 atom stereocenters. The molecule has 220 valence electrons. The lowest BCUT2D eigenvalue weighted by atomic mass is 9.85. The summed E-state index contributed by atoms with van der Waals surface area (Å²) < 4.78 is 14.9. The predicted octanol–water partition coefficient (Wildman–Crippen LogP) is 4.11. The van der Waals surface area contributed by atoms with Gasteiger partial charge < -0.3 is 14.8 Å². The van der Waals surface area contributed by atoms with Crippen molar-refractivity contribution >= 4 is 28.5 Å². The summed E-state index contributed by atoms with van der Waals surface area (Å²) in [5, 5.41) is 6.79. The Morgan fingerprint density at radius 1 is 1.10 bits per heavy atom. The number of para-hydroxylation sites is 2. The van der Waals surface area contributed by atoms with Gasteiger partial charge in [0.15, 0.2) is 0 Å². The highest BCUT2D eigenvalue weighted by atomic mass is 35.5. The van der Waals surface area contributed by atoms with Gasteiger partial charge in [-0.15, -0.1) is 0 Å². The van der Waals surface area contributed by atoms with Crippen LogP contribution in [-0.2, 0) is 11.3 Å². The first-order valence-corrected chi connectivity index (χ1v) is 14.8. The molecule has 4 aromatic rings. The van der Waals surface area contributed by atoms with Gasteiger partial charge in [0.1, 0.15) is 0 Å². The Bertz CT molecular complexity index is 1600. The topological polar surface area (TPSA) is 112 Å². The first kappa shape index (κ1) is 28.4. The Morgan fingerprint density at radius 2 is 1.90 bits per heavy atom. The van der Waals surface area contributed by atoms with Gasteiger partial charge in [0.25, 0.3) is 5.91 Å². The fraction of sp³-hybridized carbons (Fsp3) is 0.419. The van der Waals surface area contributed by atoms with Gasteiger partial charge in [0, 0.05) is 37.3 Å². The molecule has 3 aromatic heterocycles. The molecule has 6 rings (SSSR count). The van der Waals surface area contributed by atoms with E-state index in [-0.39, 0.29) is 23.6 Å². The molecule has 1 aliphatic carbocycles. The highest BCUT2D eigenvalue weighted by Gasteiger charge is 2.26. The Hall–Kier alpha value is -3.73. The minimum atomic E-state index is -0.143. The van der Waals surface area contributed by atoms with Crippen molar-refractivity contribution in [1.82, 2.24) is 29.7 Å².